The average molecular weight is 347 g/mol. The molecule has 122 valence electrons. The Labute approximate surface area is 138 Å². The van der Waals surface area contributed by atoms with Gasteiger partial charge in [0.2, 0.25) is 0 Å². The molecule has 1 aliphatic carbocycles. The molecule has 0 aromatic carbocycles. The fourth-order valence-electron chi connectivity index (χ4n) is 2.25. The predicted molar refractivity (Wildman–Crippen MR) is 83.3 cm³/mol. The summed E-state index contributed by atoms with van der Waals surface area (Å²) in [4.78, 5) is 31.2. The van der Waals surface area contributed by atoms with Crippen molar-refractivity contribution in [3.8, 4) is 0 Å². The first-order valence-electron chi connectivity index (χ1n) is 7.10. The Hall–Kier alpha value is -1.18. The summed E-state index contributed by atoms with van der Waals surface area (Å²) in [5, 5.41) is 0. The van der Waals surface area contributed by atoms with Crippen molar-refractivity contribution in [2.75, 3.05) is 20.3 Å². The lowest BCUT2D eigenvalue weighted by Crippen LogP contribution is -2.49. The van der Waals surface area contributed by atoms with Gasteiger partial charge in [-0.25, -0.2) is 9.78 Å². The molecular formula is C14H19ClN2O4S. The van der Waals surface area contributed by atoms with Crippen LogP contribution in [0.2, 0.25) is 4.47 Å². The number of methoxy groups -OCH3 is 1. The minimum atomic E-state index is -0.745. The molecule has 1 saturated carbocycles. The minimum absolute atomic E-state index is 0.0392. The van der Waals surface area contributed by atoms with E-state index >= 15 is 0 Å². The number of hydrogen-bond donors (Lipinski definition) is 0. The lowest BCUT2D eigenvalue weighted by atomic mass is 10.2. The highest BCUT2D eigenvalue weighted by atomic mass is 35.5. The number of hydrogen-bond acceptors (Lipinski definition) is 6. The van der Waals surface area contributed by atoms with E-state index in [-0.39, 0.29) is 25.2 Å². The molecule has 2 rings (SSSR count). The van der Waals surface area contributed by atoms with Crippen molar-refractivity contribution in [3.63, 3.8) is 0 Å². The van der Waals surface area contributed by atoms with Crippen LogP contribution in [0.3, 0.4) is 0 Å². The molecule has 6 nitrogen and oxygen atoms in total. The number of aryl methyl sites for hydroxylation is 1. The van der Waals surface area contributed by atoms with Crippen molar-refractivity contribution in [3.05, 3.63) is 15.0 Å². The van der Waals surface area contributed by atoms with E-state index in [1.54, 1.807) is 18.7 Å². The van der Waals surface area contributed by atoms with Crippen molar-refractivity contribution in [1.82, 2.24) is 9.88 Å². The molecular weight excluding hydrogens is 328 g/mol. The number of halogens is 1. The van der Waals surface area contributed by atoms with Gasteiger partial charge in [0.15, 0.2) is 10.5 Å². The summed E-state index contributed by atoms with van der Waals surface area (Å²) in [5.74, 6) is -0.683. The molecule has 1 aliphatic rings. The van der Waals surface area contributed by atoms with Crippen LogP contribution >= 0.6 is 22.9 Å². The second-order valence-corrected chi connectivity index (χ2v) is 6.63. The molecule has 1 heterocycles. The Balaban J connectivity index is 2.29. The van der Waals surface area contributed by atoms with Gasteiger partial charge in [-0.15, -0.1) is 0 Å². The number of nitrogens with zero attached hydrogens (tertiary/aromatic N) is 2. The fourth-order valence-corrected chi connectivity index (χ4v) is 3.35. The maximum atomic E-state index is 12.9. The summed E-state index contributed by atoms with van der Waals surface area (Å²) in [6.07, 6.45) is 1.74. The first-order valence-corrected chi connectivity index (χ1v) is 8.30. The first kappa shape index (κ1) is 17.2. The van der Waals surface area contributed by atoms with Crippen LogP contribution in [0.15, 0.2) is 0 Å². The van der Waals surface area contributed by atoms with Crippen molar-refractivity contribution in [2.45, 2.75) is 38.8 Å². The number of carbonyl (C=O) groups excluding carboxylic acids is 2. The van der Waals surface area contributed by atoms with Gasteiger partial charge in [0, 0.05) is 13.2 Å². The van der Waals surface area contributed by atoms with E-state index in [2.05, 4.69) is 4.98 Å². The minimum Gasteiger partial charge on any atom is -0.464 e. The van der Waals surface area contributed by atoms with Gasteiger partial charge in [0.05, 0.1) is 18.9 Å². The lowest BCUT2D eigenvalue weighted by Gasteiger charge is -2.29. The molecule has 0 spiro atoms. The molecule has 8 heteroatoms. The predicted octanol–water partition coefficient (Wildman–Crippen LogP) is 2.29. The Morgan fingerprint density at radius 3 is 2.64 bits per heavy atom. The van der Waals surface area contributed by atoms with Gasteiger partial charge in [0.25, 0.3) is 5.91 Å². The third-order valence-electron chi connectivity index (χ3n) is 3.36. The topological polar surface area (TPSA) is 68.7 Å². The Kier molecular flexibility index (Phi) is 5.77. The van der Waals surface area contributed by atoms with E-state index in [1.165, 1.54) is 7.11 Å². The van der Waals surface area contributed by atoms with E-state index in [1.807, 2.05) is 0 Å². The van der Waals surface area contributed by atoms with Crippen LogP contribution in [-0.4, -0.2) is 54.2 Å². The van der Waals surface area contributed by atoms with Gasteiger partial charge in [-0.1, -0.05) is 22.9 Å². The largest absolute Gasteiger partial charge is 0.464 e. The third-order valence-corrected chi connectivity index (χ3v) is 4.61. The quantitative estimate of drug-likeness (QED) is 0.708. The molecule has 0 N–H and O–H groups in total. The van der Waals surface area contributed by atoms with E-state index in [4.69, 9.17) is 21.1 Å². The Bertz CT molecular complexity index is 559. The maximum absolute atomic E-state index is 12.9. The second kappa shape index (κ2) is 7.39. The number of ether oxygens (including phenoxy) is 2. The van der Waals surface area contributed by atoms with Crippen LogP contribution in [0.5, 0.6) is 0 Å². The molecule has 0 bridgehead atoms. The maximum Gasteiger partial charge on any atom is 0.331 e. The van der Waals surface area contributed by atoms with Crippen LogP contribution in [-0.2, 0) is 14.3 Å². The van der Waals surface area contributed by atoms with Gasteiger partial charge in [0.1, 0.15) is 4.88 Å². The molecule has 22 heavy (non-hydrogen) atoms. The smallest absolute Gasteiger partial charge is 0.331 e. The number of carbonyl (C=O) groups is 2. The fraction of sp³-hybridized carbons (Fsp3) is 0.643. The summed E-state index contributed by atoms with van der Waals surface area (Å²) in [7, 11) is 1.50. The molecule has 0 radical (unpaired) electrons. The number of thiazole rings is 1. The first-order chi connectivity index (χ1) is 10.5. The monoisotopic (exact) mass is 346 g/mol. The average Bonchev–Trinajstić information content (AvgIpc) is 3.23. The SMILES string of the molecule is CCOC(=O)C(COC)N(C(=O)c1sc(Cl)nc1C)C1CC1. The number of esters is 1. The molecule has 1 aromatic heterocycles. The van der Waals surface area contributed by atoms with Crippen LogP contribution in [0, 0.1) is 6.92 Å². The molecule has 1 aromatic rings. The summed E-state index contributed by atoms with van der Waals surface area (Å²) < 4.78 is 10.5. The zero-order valence-corrected chi connectivity index (χ0v) is 14.4. The normalized spacial score (nSPS) is 15.5. The molecule has 0 saturated heterocycles. The standard InChI is InChI=1S/C14H19ClN2O4S/c1-4-21-13(19)10(7-20-3)17(9-5-6-9)12(18)11-8(2)16-14(15)22-11/h9-10H,4-7H2,1-3H3. The van der Waals surface area contributed by atoms with E-state index in [0.29, 0.717) is 15.0 Å². The van der Waals surface area contributed by atoms with Crippen molar-refractivity contribution in [1.29, 1.82) is 0 Å². The van der Waals surface area contributed by atoms with Gasteiger partial charge >= 0.3 is 5.97 Å². The van der Waals surface area contributed by atoms with Crippen molar-refractivity contribution >= 4 is 34.8 Å². The second-order valence-electron chi connectivity index (χ2n) is 5.05. The molecule has 1 amide bonds. The zero-order chi connectivity index (χ0) is 16.3. The highest BCUT2D eigenvalue weighted by Gasteiger charge is 2.42. The highest BCUT2D eigenvalue weighted by molar-refractivity contribution is 7.17. The number of rotatable bonds is 7. The van der Waals surface area contributed by atoms with Crippen molar-refractivity contribution < 1.29 is 19.1 Å². The van der Waals surface area contributed by atoms with E-state index < -0.39 is 12.0 Å². The lowest BCUT2D eigenvalue weighted by molar-refractivity contribution is -0.150. The number of aromatic nitrogens is 1. The van der Waals surface area contributed by atoms with Crippen LogP contribution in [0.4, 0.5) is 0 Å². The summed E-state index contributed by atoms with van der Waals surface area (Å²) in [5.41, 5.74) is 0.575. The van der Waals surface area contributed by atoms with Crippen LogP contribution < -0.4 is 0 Å². The Morgan fingerprint density at radius 1 is 1.50 bits per heavy atom. The Morgan fingerprint density at radius 2 is 2.18 bits per heavy atom. The van der Waals surface area contributed by atoms with Crippen LogP contribution in [0.25, 0.3) is 0 Å². The van der Waals surface area contributed by atoms with Crippen LogP contribution in [0.1, 0.15) is 35.1 Å². The highest BCUT2D eigenvalue weighted by Crippen LogP contribution is 2.33. The van der Waals surface area contributed by atoms with Gasteiger partial charge in [-0.3, -0.25) is 4.79 Å². The third kappa shape index (κ3) is 3.77. The number of amides is 1. The van der Waals surface area contributed by atoms with Gasteiger partial charge in [-0.05, 0) is 26.7 Å². The van der Waals surface area contributed by atoms with Crippen molar-refractivity contribution in [2.24, 2.45) is 0 Å². The summed E-state index contributed by atoms with van der Waals surface area (Å²) >= 11 is 7.01. The molecule has 0 aliphatic heterocycles. The molecule has 1 unspecified atom stereocenters. The summed E-state index contributed by atoms with van der Waals surface area (Å²) in [6.45, 7) is 3.83. The molecule has 1 fully saturated rings. The summed E-state index contributed by atoms with van der Waals surface area (Å²) in [6, 6.07) is -0.706. The van der Waals surface area contributed by atoms with Gasteiger partial charge in [-0.2, -0.15) is 0 Å². The van der Waals surface area contributed by atoms with E-state index in [9.17, 15) is 9.59 Å². The van der Waals surface area contributed by atoms with E-state index in [0.717, 1.165) is 24.2 Å². The zero-order valence-electron chi connectivity index (χ0n) is 12.8. The van der Waals surface area contributed by atoms with Gasteiger partial charge < -0.3 is 14.4 Å². The molecule has 1 atom stereocenters.